The monoisotopic (exact) mass is 526 g/mol. The first-order valence-corrected chi connectivity index (χ1v) is 12.5. The molecule has 0 spiro atoms. The van der Waals surface area contributed by atoms with Gasteiger partial charge in [-0.25, -0.2) is 22.0 Å². The van der Waals surface area contributed by atoms with E-state index < -0.39 is 45.5 Å². The molecule has 0 saturated heterocycles. The van der Waals surface area contributed by atoms with Crippen LogP contribution < -0.4 is 20.2 Å². The highest BCUT2D eigenvalue weighted by Crippen LogP contribution is 2.53. The summed E-state index contributed by atoms with van der Waals surface area (Å²) in [7, 11) is 1.96. The number of nitrogens with zero attached hydrogens (tertiary/aromatic N) is 2. The molecule has 6 rings (SSSR count). The van der Waals surface area contributed by atoms with E-state index in [0.29, 0.717) is 30.2 Å². The summed E-state index contributed by atoms with van der Waals surface area (Å²) in [5.74, 6) is -9.16. The van der Waals surface area contributed by atoms with E-state index in [0.717, 1.165) is 33.3 Å². The van der Waals surface area contributed by atoms with E-state index in [1.807, 2.05) is 48.6 Å². The van der Waals surface area contributed by atoms with Gasteiger partial charge in [-0.15, -0.1) is 0 Å². The Bertz CT molecular complexity index is 1710. The van der Waals surface area contributed by atoms with Crippen LogP contribution in [0.1, 0.15) is 61.1 Å². The molecule has 3 aliphatic rings. The van der Waals surface area contributed by atoms with Crippen LogP contribution in [0.5, 0.6) is 11.5 Å². The highest BCUT2D eigenvalue weighted by molar-refractivity contribution is 5.90. The first-order chi connectivity index (χ1) is 17.7. The number of aryl methyl sites for hydroxylation is 2. The first-order valence-electron chi connectivity index (χ1n) is 12.5. The van der Waals surface area contributed by atoms with Crippen LogP contribution in [-0.2, 0) is 10.8 Å². The molecule has 0 radical (unpaired) electrons. The summed E-state index contributed by atoms with van der Waals surface area (Å²) in [6, 6.07) is 3.40. The lowest BCUT2D eigenvalue weighted by Crippen LogP contribution is -2.31. The number of fused-ring (bicyclic) bond motifs is 6. The quantitative estimate of drug-likeness (QED) is 0.173. The molecule has 0 fully saturated rings. The minimum absolute atomic E-state index is 0.0705. The van der Waals surface area contributed by atoms with Crippen LogP contribution in [0.3, 0.4) is 0 Å². The van der Waals surface area contributed by atoms with Crippen LogP contribution in [0.2, 0.25) is 0 Å². The van der Waals surface area contributed by atoms with Gasteiger partial charge in [0.15, 0.2) is 23.3 Å². The van der Waals surface area contributed by atoms with Gasteiger partial charge in [-0.3, -0.25) is 4.99 Å². The van der Waals surface area contributed by atoms with E-state index in [1.165, 1.54) is 0 Å². The van der Waals surface area contributed by atoms with Crippen molar-refractivity contribution in [2.24, 2.45) is 4.99 Å². The maximum absolute atomic E-state index is 15.5. The number of ether oxygens (including phenoxy) is 1. The van der Waals surface area contributed by atoms with E-state index in [-0.39, 0.29) is 10.8 Å². The number of benzene rings is 3. The average Bonchev–Trinajstić information content (AvgIpc) is 3.29. The molecule has 0 N–H and O–H groups in total. The van der Waals surface area contributed by atoms with Crippen LogP contribution in [0.25, 0.3) is 5.57 Å². The number of halogens is 5. The van der Waals surface area contributed by atoms with Crippen LogP contribution in [-0.4, -0.2) is 20.1 Å². The molecule has 0 bridgehead atoms. The highest BCUT2D eigenvalue weighted by atomic mass is 19.2. The second-order valence-corrected chi connectivity index (χ2v) is 11.9. The van der Waals surface area contributed by atoms with Gasteiger partial charge in [0.25, 0.3) is 0 Å². The van der Waals surface area contributed by atoms with E-state index >= 15 is 8.78 Å². The fourth-order valence-electron chi connectivity index (χ4n) is 6.56. The lowest BCUT2D eigenvalue weighted by atomic mass is 9.79. The van der Waals surface area contributed by atoms with E-state index in [4.69, 9.17) is 9.73 Å². The van der Waals surface area contributed by atoms with Crippen molar-refractivity contribution in [3.63, 3.8) is 0 Å². The second kappa shape index (κ2) is 7.58. The molecule has 3 aromatic rings. The summed E-state index contributed by atoms with van der Waals surface area (Å²) in [6.07, 6.45) is 0. The summed E-state index contributed by atoms with van der Waals surface area (Å²) in [6.45, 7) is 12.9. The Morgan fingerprint density at radius 2 is 1.39 bits per heavy atom. The van der Waals surface area contributed by atoms with Crippen LogP contribution in [0.4, 0.5) is 27.6 Å². The summed E-state index contributed by atoms with van der Waals surface area (Å²) in [5, 5.41) is 1.01. The highest BCUT2D eigenvalue weighted by Gasteiger charge is 2.43. The summed E-state index contributed by atoms with van der Waals surface area (Å²) < 4.78 is 80.9. The zero-order valence-corrected chi connectivity index (χ0v) is 22.3. The van der Waals surface area contributed by atoms with Crippen LogP contribution in [0, 0.1) is 42.9 Å². The molecule has 3 aliphatic heterocycles. The fraction of sp³-hybridized carbons (Fsp3) is 0.367. The van der Waals surface area contributed by atoms with Gasteiger partial charge in [-0.05, 0) is 37.1 Å². The van der Waals surface area contributed by atoms with Crippen LogP contribution in [0.15, 0.2) is 17.1 Å². The Kier molecular flexibility index (Phi) is 4.96. The predicted molar refractivity (Wildman–Crippen MR) is 135 cm³/mol. The maximum atomic E-state index is 15.5. The minimum atomic E-state index is -2.19. The van der Waals surface area contributed by atoms with E-state index in [9.17, 15) is 13.2 Å². The molecule has 0 amide bonds. The summed E-state index contributed by atoms with van der Waals surface area (Å²) >= 11 is 0. The Balaban J connectivity index is 1.88. The van der Waals surface area contributed by atoms with Gasteiger partial charge >= 0.3 is 0 Å². The predicted octanol–water partition coefficient (Wildman–Crippen LogP) is 5.99. The minimum Gasteiger partial charge on any atom is -0.455 e. The third-order valence-corrected chi connectivity index (χ3v) is 8.09. The molecule has 0 atom stereocenters. The molecule has 38 heavy (non-hydrogen) atoms. The van der Waals surface area contributed by atoms with Crippen molar-refractivity contribution in [2.75, 3.05) is 25.0 Å². The standard InChI is InChI=1S/C30H27F5N2O/c1-12-8-14-16(17-20(31)22(33)24(35)23(34)21(17)32)15-9-13(2)26-19(30(5,6)11-37(26)7)28(15)38-27(14)18-25(12)36-10-29(18,3)4/h8-9H,10-11H2,1-7H3. The van der Waals surface area contributed by atoms with Crippen molar-refractivity contribution >= 4 is 11.3 Å². The second-order valence-electron chi connectivity index (χ2n) is 11.9. The van der Waals surface area contributed by atoms with Crippen molar-refractivity contribution in [3.05, 3.63) is 85.2 Å². The lowest BCUT2D eigenvalue weighted by molar-refractivity contribution is 0.376. The van der Waals surface area contributed by atoms with Gasteiger partial charge < -0.3 is 9.64 Å². The smallest absolute Gasteiger partial charge is 0.200 e. The Hall–Kier alpha value is -3.42. The molecule has 0 unspecified atom stereocenters. The lowest BCUT2D eigenvalue weighted by Gasteiger charge is -2.31. The van der Waals surface area contributed by atoms with Gasteiger partial charge in [0.2, 0.25) is 5.82 Å². The van der Waals surface area contributed by atoms with Crippen molar-refractivity contribution in [3.8, 4) is 11.5 Å². The van der Waals surface area contributed by atoms with Crippen molar-refractivity contribution in [2.45, 2.75) is 52.4 Å². The molecule has 3 aromatic carbocycles. The molecule has 8 heteroatoms. The van der Waals surface area contributed by atoms with E-state index in [1.54, 1.807) is 12.1 Å². The number of anilines is 1. The van der Waals surface area contributed by atoms with Crippen molar-refractivity contribution < 1.29 is 26.7 Å². The zero-order valence-electron chi connectivity index (χ0n) is 22.3. The topological polar surface area (TPSA) is 24.8 Å². The average molecular weight is 527 g/mol. The van der Waals surface area contributed by atoms with Gasteiger partial charge in [0.05, 0.1) is 10.9 Å². The fourth-order valence-corrected chi connectivity index (χ4v) is 6.56. The molecule has 198 valence electrons. The van der Waals surface area contributed by atoms with Gasteiger partial charge in [-0.1, -0.05) is 27.7 Å². The number of rotatable bonds is 1. The first kappa shape index (κ1) is 24.9. The van der Waals surface area contributed by atoms with Gasteiger partial charge in [0.1, 0.15) is 11.5 Å². The number of hydrogen-bond acceptors (Lipinski definition) is 3. The molecule has 0 aromatic heterocycles. The van der Waals surface area contributed by atoms with Crippen LogP contribution >= 0.6 is 0 Å². The van der Waals surface area contributed by atoms with Crippen molar-refractivity contribution in [1.29, 1.82) is 0 Å². The Morgan fingerprint density at radius 3 is 2.03 bits per heavy atom. The molecule has 0 saturated carbocycles. The molecular weight excluding hydrogens is 499 g/mol. The summed E-state index contributed by atoms with van der Waals surface area (Å²) in [4.78, 5) is 6.80. The Morgan fingerprint density at radius 1 is 0.789 bits per heavy atom. The Labute approximate surface area is 217 Å². The zero-order chi connectivity index (χ0) is 27.6. The SMILES string of the molecule is Cc1cc2c(c3c1N(C)CC3(C)C)Oc1c3c(c(C)cc1=C2c1c(F)c(F)c(F)c(F)c1F)=NCC3(C)C. The van der Waals surface area contributed by atoms with Gasteiger partial charge in [-0.2, -0.15) is 0 Å². The normalized spacial score (nSPS) is 18.0. The molecule has 0 aliphatic carbocycles. The maximum Gasteiger partial charge on any atom is 0.200 e. The third-order valence-electron chi connectivity index (χ3n) is 8.09. The molecular formula is C30H27F5N2O. The van der Waals surface area contributed by atoms with Crippen molar-refractivity contribution in [1.82, 2.24) is 0 Å². The summed E-state index contributed by atoms with van der Waals surface area (Å²) in [5.41, 5.74) is 2.47. The third kappa shape index (κ3) is 3.03. The van der Waals surface area contributed by atoms with E-state index in [2.05, 4.69) is 4.90 Å². The van der Waals surface area contributed by atoms with Gasteiger partial charge in [0, 0.05) is 64.1 Å². The number of hydrogen-bond donors (Lipinski definition) is 0. The number of likely N-dealkylation sites (N-methyl/N-ethyl adjacent to an activating group) is 1. The largest absolute Gasteiger partial charge is 0.455 e. The molecule has 3 nitrogen and oxygen atoms in total. The molecule has 3 heterocycles.